The highest BCUT2D eigenvalue weighted by Crippen LogP contribution is 2.34. The number of rotatable bonds is 6. The standard InChI is InChI=1S/C34H54N2O2Si2/c1-33(2,3)27-19-25(39(7,8)9)17-23(31(27)37)21-35-29-15-13-14-16-30(29)36-22-24-18-26(40(10,11)12)20-28(32(24)38)34(4,5)6/h17-22,29-30,37-38H,13-16H2,1-12H3. The molecule has 0 spiro atoms. The van der Waals surface area contributed by atoms with Crippen LogP contribution in [-0.4, -0.2) is 50.9 Å². The van der Waals surface area contributed by atoms with Crippen molar-refractivity contribution in [1.82, 2.24) is 0 Å². The molecule has 2 aromatic carbocycles. The molecule has 1 aliphatic rings. The van der Waals surface area contributed by atoms with Crippen LogP contribution in [0.15, 0.2) is 34.3 Å². The van der Waals surface area contributed by atoms with Gasteiger partial charge >= 0.3 is 0 Å². The first-order chi connectivity index (χ1) is 18.2. The van der Waals surface area contributed by atoms with E-state index in [1.165, 1.54) is 10.4 Å². The normalized spacial score (nSPS) is 19.6. The quantitative estimate of drug-likeness (QED) is 0.273. The van der Waals surface area contributed by atoms with Crippen LogP contribution in [0, 0.1) is 0 Å². The molecule has 0 heterocycles. The average molecular weight is 579 g/mol. The van der Waals surface area contributed by atoms with Gasteiger partial charge in [-0.05, 0) is 34.8 Å². The van der Waals surface area contributed by atoms with Gasteiger partial charge < -0.3 is 10.2 Å². The van der Waals surface area contributed by atoms with E-state index in [0.717, 1.165) is 47.9 Å². The minimum absolute atomic E-state index is 0.0578. The lowest BCUT2D eigenvalue weighted by Gasteiger charge is -2.28. The topological polar surface area (TPSA) is 65.2 Å². The maximum Gasteiger partial charge on any atom is 0.128 e. The molecule has 2 unspecified atom stereocenters. The number of phenolic OH excluding ortho intramolecular Hbond substituents is 2. The second kappa shape index (κ2) is 11.6. The molecule has 3 rings (SSSR count). The molecule has 0 bridgehead atoms. The van der Waals surface area contributed by atoms with E-state index in [0.29, 0.717) is 11.5 Å². The van der Waals surface area contributed by atoms with Crippen molar-refractivity contribution in [2.45, 2.75) is 129 Å². The van der Waals surface area contributed by atoms with Gasteiger partial charge in [0.25, 0.3) is 0 Å². The molecule has 220 valence electrons. The van der Waals surface area contributed by atoms with Crippen molar-refractivity contribution >= 4 is 39.0 Å². The summed E-state index contributed by atoms with van der Waals surface area (Å²) in [7, 11) is -3.18. The fraction of sp³-hybridized carbons (Fsp3) is 0.588. The van der Waals surface area contributed by atoms with Crippen LogP contribution < -0.4 is 10.4 Å². The first-order valence-electron chi connectivity index (χ1n) is 15.0. The maximum atomic E-state index is 11.2. The van der Waals surface area contributed by atoms with E-state index >= 15 is 0 Å². The molecule has 0 saturated heterocycles. The zero-order chi connectivity index (χ0) is 30.3. The largest absolute Gasteiger partial charge is 0.507 e. The summed E-state index contributed by atoms with van der Waals surface area (Å²) in [4.78, 5) is 10.1. The molecule has 40 heavy (non-hydrogen) atoms. The summed E-state index contributed by atoms with van der Waals surface area (Å²) in [5, 5.41) is 25.2. The number of hydrogen-bond acceptors (Lipinski definition) is 4. The third-order valence-electron chi connectivity index (χ3n) is 8.13. The molecular weight excluding hydrogens is 525 g/mol. The van der Waals surface area contributed by atoms with E-state index in [2.05, 4.69) is 105 Å². The Morgan fingerprint density at radius 1 is 0.625 bits per heavy atom. The monoisotopic (exact) mass is 578 g/mol. The molecule has 2 atom stereocenters. The Hall–Kier alpha value is -2.19. The molecule has 1 fully saturated rings. The zero-order valence-electron chi connectivity index (χ0n) is 27.2. The van der Waals surface area contributed by atoms with Gasteiger partial charge in [0.2, 0.25) is 0 Å². The Labute approximate surface area is 246 Å². The molecule has 2 aromatic rings. The van der Waals surface area contributed by atoms with Crippen molar-refractivity contribution in [3.8, 4) is 11.5 Å². The smallest absolute Gasteiger partial charge is 0.128 e. The van der Waals surface area contributed by atoms with Crippen LogP contribution in [0.5, 0.6) is 11.5 Å². The Kier molecular flexibility index (Phi) is 9.37. The fourth-order valence-electron chi connectivity index (χ4n) is 5.31. The third-order valence-corrected chi connectivity index (χ3v) is 12.2. The van der Waals surface area contributed by atoms with Crippen LogP contribution in [0.3, 0.4) is 0 Å². The van der Waals surface area contributed by atoms with Crippen molar-refractivity contribution in [3.05, 3.63) is 46.5 Å². The summed E-state index contributed by atoms with van der Waals surface area (Å²) in [5.74, 6) is 0.689. The summed E-state index contributed by atoms with van der Waals surface area (Å²) >= 11 is 0. The Morgan fingerprint density at radius 2 is 0.950 bits per heavy atom. The summed E-state index contributed by atoms with van der Waals surface area (Å²) in [5.41, 5.74) is 3.29. The predicted octanol–water partition coefficient (Wildman–Crippen LogP) is 7.63. The van der Waals surface area contributed by atoms with E-state index in [1.54, 1.807) is 0 Å². The molecule has 1 saturated carbocycles. The number of benzene rings is 2. The van der Waals surface area contributed by atoms with Crippen molar-refractivity contribution in [2.24, 2.45) is 9.98 Å². The van der Waals surface area contributed by atoms with E-state index in [9.17, 15) is 10.2 Å². The van der Waals surface area contributed by atoms with Crippen LogP contribution >= 0.6 is 0 Å². The van der Waals surface area contributed by atoms with E-state index in [-0.39, 0.29) is 22.9 Å². The number of nitrogens with zero attached hydrogens (tertiary/aromatic N) is 2. The third kappa shape index (κ3) is 7.76. The summed E-state index contributed by atoms with van der Waals surface area (Å²) in [6.07, 6.45) is 8.02. The van der Waals surface area contributed by atoms with Gasteiger partial charge in [0.1, 0.15) is 11.5 Å². The van der Waals surface area contributed by atoms with Crippen LogP contribution in [-0.2, 0) is 10.8 Å². The zero-order valence-corrected chi connectivity index (χ0v) is 29.2. The minimum Gasteiger partial charge on any atom is -0.507 e. The van der Waals surface area contributed by atoms with E-state index < -0.39 is 16.1 Å². The molecule has 4 nitrogen and oxygen atoms in total. The number of aliphatic imine (C=N–C) groups is 2. The minimum atomic E-state index is -1.59. The fourth-order valence-corrected chi connectivity index (χ4v) is 7.64. The predicted molar refractivity (Wildman–Crippen MR) is 181 cm³/mol. The van der Waals surface area contributed by atoms with Crippen molar-refractivity contribution < 1.29 is 10.2 Å². The van der Waals surface area contributed by atoms with Crippen LogP contribution in [0.2, 0.25) is 39.3 Å². The lowest BCUT2D eigenvalue weighted by atomic mass is 9.85. The Morgan fingerprint density at radius 3 is 1.23 bits per heavy atom. The lowest BCUT2D eigenvalue weighted by molar-refractivity contribution is 0.390. The molecular formula is C34H54N2O2Si2. The number of hydrogen-bond donors (Lipinski definition) is 2. The van der Waals surface area contributed by atoms with Gasteiger partial charge in [-0.25, -0.2) is 0 Å². The average Bonchev–Trinajstić information content (AvgIpc) is 2.80. The molecule has 0 aromatic heterocycles. The van der Waals surface area contributed by atoms with Gasteiger partial charge in [-0.2, -0.15) is 0 Å². The molecule has 1 aliphatic carbocycles. The van der Waals surface area contributed by atoms with Crippen molar-refractivity contribution in [3.63, 3.8) is 0 Å². The van der Waals surface area contributed by atoms with Gasteiger partial charge in [-0.3, -0.25) is 9.98 Å². The molecule has 0 radical (unpaired) electrons. The lowest BCUT2D eigenvalue weighted by Crippen LogP contribution is -2.39. The second-order valence-corrected chi connectivity index (χ2v) is 26.1. The highest BCUT2D eigenvalue weighted by Gasteiger charge is 2.28. The molecule has 2 N–H and O–H groups in total. The summed E-state index contributed by atoms with van der Waals surface area (Å²) in [6, 6.07) is 8.83. The van der Waals surface area contributed by atoms with Gasteiger partial charge in [0.15, 0.2) is 0 Å². The SMILES string of the molecule is CC(C)(C)c1cc([Si](C)(C)C)cc(C=NC2CCCCC2N=Cc2cc([Si](C)(C)C)cc(C(C)(C)C)c2O)c1O. The number of phenols is 2. The first-order valence-corrected chi connectivity index (χ1v) is 22.0. The van der Waals surface area contributed by atoms with Gasteiger partial charge in [-0.1, -0.05) is 128 Å². The van der Waals surface area contributed by atoms with E-state index in [1.807, 2.05) is 12.4 Å². The highest BCUT2D eigenvalue weighted by atomic mass is 28.3. The number of aromatic hydroxyl groups is 2. The van der Waals surface area contributed by atoms with Crippen molar-refractivity contribution in [2.75, 3.05) is 0 Å². The summed E-state index contributed by atoms with van der Waals surface area (Å²) in [6.45, 7) is 27.0. The maximum absolute atomic E-state index is 11.2. The second-order valence-electron chi connectivity index (χ2n) is 15.9. The molecule has 0 amide bonds. The van der Waals surface area contributed by atoms with Gasteiger partial charge in [0.05, 0.1) is 28.2 Å². The van der Waals surface area contributed by atoms with Crippen LogP contribution in [0.25, 0.3) is 0 Å². The first kappa shape index (κ1) is 32.3. The van der Waals surface area contributed by atoms with Gasteiger partial charge in [0, 0.05) is 23.6 Å². The van der Waals surface area contributed by atoms with Crippen LogP contribution in [0.4, 0.5) is 0 Å². The highest BCUT2D eigenvalue weighted by molar-refractivity contribution is 6.89. The van der Waals surface area contributed by atoms with Gasteiger partial charge in [-0.15, -0.1) is 0 Å². The van der Waals surface area contributed by atoms with Crippen molar-refractivity contribution in [1.29, 1.82) is 0 Å². The molecule has 6 heteroatoms. The Balaban J connectivity index is 2.00. The molecule has 0 aliphatic heterocycles. The van der Waals surface area contributed by atoms with Crippen LogP contribution in [0.1, 0.15) is 89.5 Å². The Bertz CT molecular complexity index is 1170. The van der Waals surface area contributed by atoms with E-state index in [4.69, 9.17) is 9.98 Å². The summed E-state index contributed by atoms with van der Waals surface area (Å²) < 4.78 is 0.